The summed E-state index contributed by atoms with van der Waals surface area (Å²) >= 11 is 5.24. The molecule has 3 nitrogen and oxygen atoms in total. The van der Waals surface area contributed by atoms with Crippen LogP contribution in [0.3, 0.4) is 0 Å². The molecule has 1 aromatic rings. The van der Waals surface area contributed by atoms with Crippen molar-refractivity contribution in [3.63, 3.8) is 0 Å². The van der Waals surface area contributed by atoms with Crippen LogP contribution >= 0.6 is 12.2 Å². The van der Waals surface area contributed by atoms with Gasteiger partial charge in [0.15, 0.2) is 5.11 Å². The lowest BCUT2D eigenvalue weighted by Crippen LogP contribution is -2.26. The molecule has 0 unspecified atom stereocenters. The molecule has 0 aromatic heterocycles. The first-order valence-corrected chi connectivity index (χ1v) is 7.23. The highest BCUT2D eigenvalue weighted by molar-refractivity contribution is 7.80. The van der Waals surface area contributed by atoms with Gasteiger partial charge in [0, 0.05) is 11.4 Å². The molecule has 2 N–H and O–H groups in total. The zero-order valence-corrected chi connectivity index (χ0v) is 12.4. The minimum Gasteiger partial charge on any atom is -0.331 e. The molecule has 1 atom stereocenters. The van der Waals surface area contributed by atoms with Crippen LogP contribution in [0.25, 0.3) is 0 Å². The third-order valence-electron chi connectivity index (χ3n) is 3.37. The lowest BCUT2D eigenvalue weighted by molar-refractivity contribution is 0.498. The van der Waals surface area contributed by atoms with E-state index in [9.17, 15) is 0 Å². The molecule has 1 aliphatic rings. The van der Waals surface area contributed by atoms with Crippen LogP contribution in [0.1, 0.15) is 38.2 Å². The van der Waals surface area contributed by atoms with Crippen molar-refractivity contribution in [3.8, 4) is 0 Å². The molecule has 1 fully saturated rings. The van der Waals surface area contributed by atoms with Gasteiger partial charge in [0.05, 0.1) is 0 Å². The van der Waals surface area contributed by atoms with Gasteiger partial charge in [0.25, 0.3) is 0 Å². The third-order valence-corrected chi connectivity index (χ3v) is 3.56. The molecule has 0 heterocycles. The number of hydrogen-bond donors (Lipinski definition) is 2. The Labute approximate surface area is 120 Å². The van der Waals surface area contributed by atoms with Gasteiger partial charge in [-0.15, -0.1) is 0 Å². The van der Waals surface area contributed by atoms with Gasteiger partial charge < -0.3 is 5.32 Å². The van der Waals surface area contributed by atoms with Gasteiger partial charge >= 0.3 is 0 Å². The van der Waals surface area contributed by atoms with Crippen molar-refractivity contribution in [2.75, 3.05) is 5.32 Å². The maximum Gasteiger partial charge on any atom is 0.191 e. The van der Waals surface area contributed by atoms with E-state index in [1.807, 2.05) is 12.1 Å². The number of anilines is 1. The quantitative estimate of drug-likeness (QED) is 0.636. The number of hydrazone groups is 1. The highest BCUT2D eigenvalue weighted by Gasteiger charge is 2.13. The number of benzene rings is 1. The highest BCUT2D eigenvalue weighted by atomic mass is 32.1. The fourth-order valence-corrected chi connectivity index (χ4v) is 2.45. The zero-order chi connectivity index (χ0) is 13.7. The Balaban J connectivity index is 1.84. The molecular formula is C15H21N3S. The zero-order valence-electron chi connectivity index (χ0n) is 11.6. The van der Waals surface area contributed by atoms with Crippen LogP contribution in [0, 0.1) is 12.8 Å². The van der Waals surface area contributed by atoms with Crippen molar-refractivity contribution >= 4 is 28.7 Å². The van der Waals surface area contributed by atoms with Gasteiger partial charge in [-0.25, -0.2) is 0 Å². The van der Waals surface area contributed by atoms with Crippen LogP contribution in [0.15, 0.2) is 29.4 Å². The summed E-state index contributed by atoms with van der Waals surface area (Å²) in [6, 6.07) is 8.14. The van der Waals surface area contributed by atoms with E-state index in [1.54, 1.807) is 0 Å². The number of thiocarbonyl (C=S) groups is 1. The van der Waals surface area contributed by atoms with Crippen molar-refractivity contribution in [1.29, 1.82) is 0 Å². The summed E-state index contributed by atoms with van der Waals surface area (Å²) in [6.45, 7) is 4.34. The SMILES string of the molecule is Cc1ccc(NC(=S)N/N=C2/CCC[C@H](C)C2)cc1. The molecule has 0 radical (unpaired) electrons. The van der Waals surface area contributed by atoms with Crippen molar-refractivity contribution in [2.45, 2.75) is 39.5 Å². The predicted molar refractivity (Wildman–Crippen MR) is 85.6 cm³/mol. The van der Waals surface area contributed by atoms with Crippen molar-refractivity contribution < 1.29 is 0 Å². The molecule has 0 spiro atoms. The van der Waals surface area contributed by atoms with Gasteiger partial charge in [0.1, 0.15) is 0 Å². The van der Waals surface area contributed by atoms with Crippen molar-refractivity contribution in [3.05, 3.63) is 29.8 Å². The Hall–Kier alpha value is -1.42. The van der Waals surface area contributed by atoms with Crippen molar-refractivity contribution in [2.24, 2.45) is 11.0 Å². The van der Waals surface area contributed by atoms with E-state index in [-0.39, 0.29) is 0 Å². The fourth-order valence-electron chi connectivity index (χ4n) is 2.29. The molecule has 2 rings (SSSR count). The van der Waals surface area contributed by atoms with E-state index in [1.165, 1.54) is 24.1 Å². The predicted octanol–water partition coefficient (Wildman–Crippen LogP) is 3.85. The van der Waals surface area contributed by atoms with Crippen LogP contribution in [0.4, 0.5) is 5.69 Å². The van der Waals surface area contributed by atoms with E-state index < -0.39 is 0 Å². The standard InChI is InChI=1S/C15H21N3S/c1-11-6-8-13(9-7-11)16-15(19)18-17-14-5-3-4-12(2)10-14/h6-9,12H,3-5,10H2,1-2H3,(H2,16,18,19)/b17-14-/t12-/m0/s1. The van der Waals surface area contributed by atoms with E-state index in [2.05, 4.69) is 41.8 Å². The van der Waals surface area contributed by atoms with Gasteiger partial charge in [-0.05, 0) is 62.9 Å². The van der Waals surface area contributed by atoms with Gasteiger partial charge in [-0.2, -0.15) is 5.10 Å². The second kappa shape index (κ2) is 6.66. The van der Waals surface area contributed by atoms with Crippen LogP contribution in [-0.2, 0) is 0 Å². The Morgan fingerprint density at radius 3 is 2.74 bits per heavy atom. The summed E-state index contributed by atoms with van der Waals surface area (Å²) < 4.78 is 0. The Morgan fingerprint density at radius 1 is 1.32 bits per heavy atom. The van der Waals surface area contributed by atoms with E-state index in [0.29, 0.717) is 5.11 Å². The number of nitrogens with zero attached hydrogens (tertiary/aromatic N) is 1. The Bertz CT molecular complexity index is 465. The fraction of sp³-hybridized carbons (Fsp3) is 0.467. The van der Waals surface area contributed by atoms with Gasteiger partial charge in [-0.3, -0.25) is 5.43 Å². The lowest BCUT2D eigenvalue weighted by Gasteiger charge is -2.19. The Kier molecular flexibility index (Phi) is 4.91. The molecule has 0 aliphatic heterocycles. The summed E-state index contributed by atoms with van der Waals surface area (Å²) in [5, 5.41) is 8.09. The average molecular weight is 275 g/mol. The van der Waals surface area contributed by atoms with Crippen molar-refractivity contribution in [1.82, 2.24) is 5.43 Å². The van der Waals surface area contributed by atoms with Crippen LogP contribution < -0.4 is 10.7 Å². The molecule has 4 heteroatoms. The summed E-state index contributed by atoms with van der Waals surface area (Å²) in [4.78, 5) is 0. The maximum atomic E-state index is 5.24. The average Bonchev–Trinajstić information content (AvgIpc) is 2.39. The Morgan fingerprint density at radius 2 is 2.05 bits per heavy atom. The number of aryl methyl sites for hydroxylation is 1. The summed E-state index contributed by atoms with van der Waals surface area (Å²) in [6.07, 6.45) is 4.72. The van der Waals surface area contributed by atoms with E-state index in [4.69, 9.17) is 12.2 Å². The number of hydrogen-bond acceptors (Lipinski definition) is 2. The van der Waals surface area contributed by atoms with Gasteiger partial charge in [-0.1, -0.05) is 24.6 Å². The molecule has 1 aromatic carbocycles. The molecule has 102 valence electrons. The summed E-state index contributed by atoms with van der Waals surface area (Å²) in [5.41, 5.74) is 6.40. The third kappa shape index (κ3) is 4.63. The first kappa shape index (κ1) is 14.0. The number of nitrogens with one attached hydrogen (secondary N) is 2. The molecule has 0 saturated heterocycles. The molecule has 19 heavy (non-hydrogen) atoms. The molecule has 1 aliphatic carbocycles. The topological polar surface area (TPSA) is 36.4 Å². The first-order chi connectivity index (χ1) is 9.13. The lowest BCUT2D eigenvalue weighted by atomic mass is 9.89. The monoisotopic (exact) mass is 275 g/mol. The van der Waals surface area contributed by atoms with Gasteiger partial charge in [0.2, 0.25) is 0 Å². The van der Waals surface area contributed by atoms with Crippen LogP contribution in [0.5, 0.6) is 0 Å². The van der Waals surface area contributed by atoms with Crippen LogP contribution in [-0.4, -0.2) is 10.8 Å². The normalized spacial score (nSPS) is 21.2. The smallest absolute Gasteiger partial charge is 0.191 e. The van der Waals surface area contributed by atoms with E-state index in [0.717, 1.165) is 24.4 Å². The first-order valence-electron chi connectivity index (χ1n) is 6.82. The highest BCUT2D eigenvalue weighted by Crippen LogP contribution is 2.20. The van der Waals surface area contributed by atoms with E-state index >= 15 is 0 Å². The summed E-state index contributed by atoms with van der Waals surface area (Å²) in [7, 11) is 0. The second-order valence-electron chi connectivity index (χ2n) is 5.31. The second-order valence-corrected chi connectivity index (χ2v) is 5.72. The molecule has 0 amide bonds. The molecule has 1 saturated carbocycles. The minimum atomic E-state index is 0.551. The minimum absolute atomic E-state index is 0.551. The number of rotatable bonds is 2. The maximum absolute atomic E-state index is 5.24. The van der Waals surface area contributed by atoms with Crippen LogP contribution in [0.2, 0.25) is 0 Å². The summed E-state index contributed by atoms with van der Waals surface area (Å²) in [5.74, 6) is 0.743. The molecule has 0 bridgehead atoms. The largest absolute Gasteiger partial charge is 0.331 e. The molecular weight excluding hydrogens is 254 g/mol.